The van der Waals surface area contributed by atoms with E-state index in [1.807, 2.05) is 25.1 Å². The van der Waals surface area contributed by atoms with E-state index in [1.54, 1.807) is 25.1 Å². The third-order valence-corrected chi connectivity index (χ3v) is 4.09. The molecule has 6 nitrogen and oxygen atoms in total. The number of esters is 1. The van der Waals surface area contributed by atoms with Crippen LogP contribution in [0.5, 0.6) is 11.5 Å². The van der Waals surface area contributed by atoms with E-state index in [4.69, 9.17) is 14.2 Å². The van der Waals surface area contributed by atoms with E-state index >= 15 is 0 Å². The fourth-order valence-electron chi connectivity index (χ4n) is 2.71. The molecule has 136 valence electrons. The predicted octanol–water partition coefficient (Wildman–Crippen LogP) is 3.47. The highest BCUT2D eigenvalue weighted by Gasteiger charge is 2.14. The Balaban J connectivity index is 1.57. The van der Waals surface area contributed by atoms with Crippen LogP contribution >= 0.6 is 0 Å². The number of ether oxygens (including phenoxy) is 3. The summed E-state index contributed by atoms with van der Waals surface area (Å²) in [6, 6.07) is 10.8. The summed E-state index contributed by atoms with van der Waals surface area (Å²) in [4.78, 5) is 24.0. The molecule has 1 aliphatic heterocycles. The average molecular weight is 355 g/mol. The number of hydrogen-bond donors (Lipinski definition) is 1. The van der Waals surface area contributed by atoms with Crippen molar-refractivity contribution in [1.29, 1.82) is 0 Å². The van der Waals surface area contributed by atoms with Gasteiger partial charge in [-0.15, -0.1) is 0 Å². The van der Waals surface area contributed by atoms with E-state index in [2.05, 4.69) is 5.32 Å². The topological polar surface area (TPSA) is 73.9 Å². The van der Waals surface area contributed by atoms with Gasteiger partial charge in [-0.3, -0.25) is 4.79 Å². The average Bonchev–Trinajstić information content (AvgIpc) is 3.09. The minimum absolute atomic E-state index is 0.0883. The normalized spacial score (nSPS) is 11.9. The van der Waals surface area contributed by atoms with Crippen LogP contribution < -0.4 is 14.8 Å². The Morgan fingerprint density at radius 1 is 1.12 bits per heavy atom. The monoisotopic (exact) mass is 355 g/mol. The Morgan fingerprint density at radius 2 is 1.92 bits per heavy atom. The van der Waals surface area contributed by atoms with Gasteiger partial charge in [0.25, 0.3) is 0 Å². The summed E-state index contributed by atoms with van der Waals surface area (Å²) in [6.45, 7) is 4.17. The van der Waals surface area contributed by atoms with Gasteiger partial charge < -0.3 is 19.5 Å². The number of benzene rings is 2. The van der Waals surface area contributed by atoms with Crippen molar-refractivity contribution in [3.63, 3.8) is 0 Å². The van der Waals surface area contributed by atoms with Crippen molar-refractivity contribution < 1.29 is 23.8 Å². The van der Waals surface area contributed by atoms with Crippen molar-refractivity contribution in [2.45, 2.75) is 26.7 Å². The van der Waals surface area contributed by atoms with Crippen LogP contribution in [-0.4, -0.2) is 25.3 Å². The Bertz CT molecular complexity index is 831. The summed E-state index contributed by atoms with van der Waals surface area (Å²) in [6.07, 6.45) is 0.946. The molecule has 0 fully saturated rings. The van der Waals surface area contributed by atoms with Gasteiger partial charge in [0.1, 0.15) is 0 Å². The van der Waals surface area contributed by atoms with Crippen LogP contribution in [0, 0.1) is 6.92 Å². The van der Waals surface area contributed by atoms with Gasteiger partial charge in [0, 0.05) is 12.1 Å². The van der Waals surface area contributed by atoms with E-state index in [-0.39, 0.29) is 18.7 Å². The fourth-order valence-corrected chi connectivity index (χ4v) is 2.71. The molecule has 0 saturated carbocycles. The molecule has 1 aliphatic rings. The van der Waals surface area contributed by atoms with Crippen molar-refractivity contribution in [1.82, 2.24) is 0 Å². The predicted molar refractivity (Wildman–Crippen MR) is 96.7 cm³/mol. The van der Waals surface area contributed by atoms with Gasteiger partial charge in [-0.05, 0) is 61.7 Å². The van der Waals surface area contributed by atoms with Gasteiger partial charge in [0.2, 0.25) is 12.7 Å². The molecule has 2 aromatic rings. The van der Waals surface area contributed by atoms with Crippen molar-refractivity contribution >= 4 is 17.6 Å². The number of carbonyl (C=O) groups is 2. The van der Waals surface area contributed by atoms with Gasteiger partial charge in [-0.1, -0.05) is 6.07 Å². The van der Waals surface area contributed by atoms with Crippen molar-refractivity contribution in [2.24, 2.45) is 0 Å². The quantitative estimate of drug-likeness (QED) is 0.803. The van der Waals surface area contributed by atoms with E-state index in [9.17, 15) is 9.59 Å². The minimum Gasteiger partial charge on any atom is -0.462 e. The molecular formula is C20H21NO5. The van der Waals surface area contributed by atoms with Gasteiger partial charge in [0.15, 0.2) is 11.5 Å². The molecule has 0 saturated heterocycles. The van der Waals surface area contributed by atoms with E-state index in [0.29, 0.717) is 36.4 Å². The molecule has 1 heterocycles. The second kappa shape index (κ2) is 7.91. The number of anilines is 1. The van der Waals surface area contributed by atoms with Crippen molar-refractivity contribution in [3.8, 4) is 11.5 Å². The van der Waals surface area contributed by atoms with Crippen LogP contribution in [0.1, 0.15) is 34.8 Å². The number of amides is 1. The molecule has 6 heteroatoms. The first-order valence-electron chi connectivity index (χ1n) is 8.53. The van der Waals surface area contributed by atoms with E-state index < -0.39 is 0 Å². The molecule has 0 spiro atoms. The molecule has 3 rings (SSSR count). The summed E-state index contributed by atoms with van der Waals surface area (Å²) in [5, 5.41) is 2.88. The zero-order chi connectivity index (χ0) is 18.5. The standard InChI is InChI=1S/C20H21NO5/c1-3-24-20(23)15-6-7-16(13(2)10-15)21-19(22)9-5-14-4-8-17-18(11-14)26-12-25-17/h4,6-8,10-11H,3,5,9,12H2,1-2H3,(H,21,22). The molecule has 0 aromatic heterocycles. The van der Waals surface area contributed by atoms with Crippen LogP contribution in [-0.2, 0) is 16.0 Å². The van der Waals surface area contributed by atoms with Crippen LogP contribution in [0.25, 0.3) is 0 Å². The lowest BCUT2D eigenvalue weighted by Crippen LogP contribution is -2.14. The lowest BCUT2D eigenvalue weighted by Gasteiger charge is -2.10. The summed E-state index contributed by atoms with van der Waals surface area (Å²) in [7, 11) is 0. The Labute approximate surface area is 152 Å². The summed E-state index contributed by atoms with van der Waals surface area (Å²) < 4.78 is 15.6. The molecular weight excluding hydrogens is 334 g/mol. The van der Waals surface area contributed by atoms with Crippen molar-refractivity contribution in [3.05, 3.63) is 53.1 Å². The maximum Gasteiger partial charge on any atom is 0.338 e. The Hall–Kier alpha value is -3.02. The Morgan fingerprint density at radius 3 is 2.69 bits per heavy atom. The summed E-state index contributed by atoms with van der Waals surface area (Å²) in [5.41, 5.74) is 2.99. The minimum atomic E-state index is -0.365. The zero-order valence-corrected chi connectivity index (χ0v) is 14.8. The summed E-state index contributed by atoms with van der Waals surface area (Å²) >= 11 is 0. The number of fused-ring (bicyclic) bond motifs is 1. The SMILES string of the molecule is CCOC(=O)c1ccc(NC(=O)CCc2ccc3c(c2)OCO3)c(C)c1. The molecule has 0 atom stereocenters. The summed E-state index contributed by atoms with van der Waals surface area (Å²) in [5.74, 6) is 0.995. The smallest absolute Gasteiger partial charge is 0.338 e. The molecule has 2 aromatic carbocycles. The third kappa shape index (κ3) is 4.14. The molecule has 0 unspecified atom stereocenters. The lowest BCUT2D eigenvalue weighted by molar-refractivity contribution is -0.116. The maximum absolute atomic E-state index is 12.2. The van der Waals surface area contributed by atoms with Gasteiger partial charge in [-0.2, -0.15) is 0 Å². The molecule has 0 radical (unpaired) electrons. The number of carbonyl (C=O) groups excluding carboxylic acids is 2. The number of aryl methyl sites for hydroxylation is 2. The highest BCUT2D eigenvalue weighted by molar-refractivity contribution is 5.94. The lowest BCUT2D eigenvalue weighted by atomic mass is 10.1. The number of hydrogen-bond acceptors (Lipinski definition) is 5. The molecule has 0 aliphatic carbocycles. The Kier molecular flexibility index (Phi) is 5.41. The maximum atomic E-state index is 12.2. The highest BCUT2D eigenvalue weighted by atomic mass is 16.7. The molecule has 1 amide bonds. The van der Waals surface area contributed by atoms with Crippen LogP contribution in [0.3, 0.4) is 0 Å². The highest BCUT2D eigenvalue weighted by Crippen LogP contribution is 2.32. The second-order valence-corrected chi connectivity index (χ2v) is 5.99. The number of rotatable bonds is 6. The number of nitrogens with one attached hydrogen (secondary N) is 1. The van der Waals surface area contributed by atoms with E-state index in [1.165, 1.54) is 0 Å². The van der Waals surface area contributed by atoms with E-state index in [0.717, 1.165) is 16.9 Å². The molecule has 0 bridgehead atoms. The molecule has 1 N–H and O–H groups in total. The largest absolute Gasteiger partial charge is 0.462 e. The van der Waals surface area contributed by atoms with Crippen LogP contribution in [0.2, 0.25) is 0 Å². The first kappa shape index (κ1) is 17.8. The zero-order valence-electron chi connectivity index (χ0n) is 14.8. The fraction of sp³-hybridized carbons (Fsp3) is 0.300. The third-order valence-electron chi connectivity index (χ3n) is 4.09. The second-order valence-electron chi connectivity index (χ2n) is 5.99. The first-order valence-corrected chi connectivity index (χ1v) is 8.53. The first-order chi connectivity index (χ1) is 12.6. The van der Waals surface area contributed by atoms with Gasteiger partial charge in [-0.25, -0.2) is 4.79 Å². The molecule has 26 heavy (non-hydrogen) atoms. The van der Waals surface area contributed by atoms with Crippen molar-refractivity contribution in [2.75, 3.05) is 18.7 Å². The van der Waals surface area contributed by atoms with Gasteiger partial charge in [0.05, 0.1) is 12.2 Å². The van der Waals surface area contributed by atoms with Crippen LogP contribution in [0.15, 0.2) is 36.4 Å². The van der Waals surface area contributed by atoms with Crippen LogP contribution in [0.4, 0.5) is 5.69 Å². The van der Waals surface area contributed by atoms with Gasteiger partial charge >= 0.3 is 5.97 Å².